The molecule has 1 fully saturated rings. The molecule has 24 heavy (non-hydrogen) atoms. The van der Waals surface area contributed by atoms with Crippen LogP contribution in [0.15, 0.2) is 42.5 Å². The van der Waals surface area contributed by atoms with E-state index in [1.54, 1.807) is 12.1 Å². The minimum Gasteiger partial charge on any atom is -0.493 e. The van der Waals surface area contributed by atoms with Gasteiger partial charge in [-0.25, -0.2) is 4.39 Å². The van der Waals surface area contributed by atoms with Gasteiger partial charge in [0.15, 0.2) is 11.5 Å². The number of ether oxygens (including phenoxy) is 3. The van der Waals surface area contributed by atoms with Crippen molar-refractivity contribution in [3.63, 3.8) is 0 Å². The third-order valence-electron chi connectivity index (χ3n) is 4.14. The zero-order chi connectivity index (χ0) is 20.9. The molecule has 1 N–H and O–H groups in total. The summed E-state index contributed by atoms with van der Waals surface area (Å²) in [4.78, 5) is 0. The molecule has 2 atom stereocenters. The van der Waals surface area contributed by atoms with Crippen molar-refractivity contribution in [3.8, 4) is 17.2 Å². The lowest BCUT2D eigenvalue weighted by molar-refractivity contribution is 0.173. The molecular formula is C19H20FNO3. The van der Waals surface area contributed by atoms with E-state index in [-0.39, 0.29) is 23.8 Å². The quantitative estimate of drug-likeness (QED) is 0.931. The van der Waals surface area contributed by atoms with Gasteiger partial charge in [0.25, 0.3) is 0 Å². The van der Waals surface area contributed by atoms with Crippen molar-refractivity contribution in [1.29, 1.82) is 0 Å². The maximum atomic E-state index is 13.3. The predicted molar refractivity (Wildman–Crippen MR) is 88.2 cm³/mol. The summed E-state index contributed by atoms with van der Waals surface area (Å²) in [6.45, 7) is -4.04. The highest BCUT2D eigenvalue weighted by Gasteiger charge is 2.27. The van der Waals surface area contributed by atoms with Crippen LogP contribution in [0.25, 0.3) is 0 Å². The number of benzene rings is 2. The second-order valence-electron chi connectivity index (χ2n) is 5.69. The van der Waals surface area contributed by atoms with E-state index in [9.17, 15) is 4.39 Å². The molecule has 2 aliphatic rings. The Bertz CT molecular complexity index is 911. The van der Waals surface area contributed by atoms with Crippen molar-refractivity contribution in [2.45, 2.75) is 12.3 Å². The predicted octanol–water partition coefficient (Wildman–Crippen LogP) is 3.33. The van der Waals surface area contributed by atoms with E-state index in [0.29, 0.717) is 18.5 Å². The first-order chi connectivity index (χ1) is 13.6. The first-order valence-corrected chi connectivity index (χ1v) is 7.77. The second-order valence-corrected chi connectivity index (χ2v) is 5.69. The molecule has 0 radical (unpaired) electrons. The van der Waals surface area contributed by atoms with Gasteiger partial charge in [0.05, 0.1) is 9.30 Å². The van der Waals surface area contributed by atoms with Crippen molar-refractivity contribution in [3.05, 3.63) is 53.8 Å². The van der Waals surface area contributed by atoms with Gasteiger partial charge in [-0.05, 0) is 48.7 Å². The van der Waals surface area contributed by atoms with Crippen LogP contribution in [0.5, 0.6) is 17.2 Å². The van der Waals surface area contributed by atoms with Crippen LogP contribution in [-0.2, 0) is 0 Å². The molecular weight excluding hydrogens is 309 g/mol. The van der Waals surface area contributed by atoms with E-state index in [4.69, 9.17) is 21.1 Å². The van der Waals surface area contributed by atoms with Crippen LogP contribution in [-0.4, -0.2) is 26.4 Å². The molecule has 2 aromatic carbocycles. The molecule has 4 nitrogen and oxygen atoms in total. The third-order valence-corrected chi connectivity index (χ3v) is 4.14. The number of hydrogen-bond donors (Lipinski definition) is 1. The van der Waals surface area contributed by atoms with Crippen molar-refractivity contribution < 1.29 is 25.5 Å². The summed E-state index contributed by atoms with van der Waals surface area (Å²) in [5.41, 5.74) is 0.675. The minimum absolute atomic E-state index is 0.0507. The van der Waals surface area contributed by atoms with Gasteiger partial charge in [0.1, 0.15) is 14.3 Å². The van der Waals surface area contributed by atoms with E-state index in [0.717, 1.165) is 0 Å². The molecule has 4 rings (SSSR count). The number of halogens is 1. The number of piperidine rings is 1. The molecule has 1 unspecified atom stereocenters. The molecule has 2 aromatic rings. The topological polar surface area (TPSA) is 39.7 Å². The maximum absolute atomic E-state index is 13.3. The standard InChI is InChI=1S/C19H20FNO3/c20-15-3-1-13(2-4-15)17-7-8-21-10-14(17)11-22-16-5-6-18-19(9-16)24-12-23-18/h1-6,9,14,17,21H,7-8,10-12H2/t14-,17?/m1/s1/i11D2,12D2,14D. The monoisotopic (exact) mass is 334 g/mol. The van der Waals surface area contributed by atoms with Gasteiger partial charge in [-0.1, -0.05) is 12.1 Å². The van der Waals surface area contributed by atoms with Crippen LogP contribution in [0.3, 0.4) is 0 Å². The lowest BCUT2D eigenvalue weighted by Crippen LogP contribution is -2.38. The number of fused-ring (bicyclic) bond motifs is 1. The fourth-order valence-electron chi connectivity index (χ4n) is 2.89. The van der Waals surface area contributed by atoms with E-state index >= 15 is 0 Å². The lowest BCUT2D eigenvalue weighted by atomic mass is 9.81. The van der Waals surface area contributed by atoms with Gasteiger partial charge in [-0.2, -0.15) is 0 Å². The van der Waals surface area contributed by atoms with Gasteiger partial charge in [-0.3, -0.25) is 0 Å². The molecule has 2 aliphatic heterocycles. The van der Waals surface area contributed by atoms with E-state index in [1.165, 1.54) is 30.3 Å². The zero-order valence-corrected chi connectivity index (χ0v) is 12.8. The van der Waals surface area contributed by atoms with Crippen LogP contribution < -0.4 is 19.5 Å². The van der Waals surface area contributed by atoms with Gasteiger partial charge in [0.2, 0.25) is 6.75 Å². The number of nitrogens with one attached hydrogen (secondary N) is 1. The average Bonchev–Trinajstić information content (AvgIpc) is 2.95. The molecule has 5 heteroatoms. The van der Waals surface area contributed by atoms with Crippen LogP contribution in [0, 0.1) is 11.7 Å². The van der Waals surface area contributed by atoms with Gasteiger partial charge in [-0.15, -0.1) is 0 Å². The zero-order valence-electron chi connectivity index (χ0n) is 17.8. The molecule has 0 bridgehead atoms. The van der Waals surface area contributed by atoms with Crippen molar-refractivity contribution in [1.82, 2.24) is 5.32 Å². The fourth-order valence-corrected chi connectivity index (χ4v) is 2.89. The normalized spacial score (nSPS) is 31.2. The number of rotatable bonds is 4. The lowest BCUT2D eigenvalue weighted by Gasteiger charge is -2.32. The van der Waals surface area contributed by atoms with Crippen LogP contribution in [0.4, 0.5) is 4.39 Å². The molecule has 2 heterocycles. The minimum atomic E-state index is -2.41. The molecule has 0 aromatic heterocycles. The maximum Gasteiger partial charge on any atom is 0.231 e. The Hall–Kier alpha value is -2.27. The average molecular weight is 334 g/mol. The molecule has 0 saturated carbocycles. The summed E-state index contributed by atoms with van der Waals surface area (Å²) in [7, 11) is 0. The summed E-state index contributed by atoms with van der Waals surface area (Å²) in [6, 6.07) is 9.97. The fraction of sp³-hybridized carbons (Fsp3) is 0.368. The van der Waals surface area contributed by atoms with Gasteiger partial charge in [0, 0.05) is 19.9 Å². The number of hydrogen-bond acceptors (Lipinski definition) is 4. The van der Waals surface area contributed by atoms with Crippen molar-refractivity contribution in [2.75, 3.05) is 26.4 Å². The smallest absolute Gasteiger partial charge is 0.231 e. The van der Waals surface area contributed by atoms with Crippen LogP contribution in [0.1, 0.15) is 24.8 Å². The molecule has 0 amide bonds. The SMILES string of the molecule is [2H]C1([2H])Oc2ccc(OC([2H])([2H])[C@@]3([2H])CNCCC3c3ccc(F)cc3)cc2O1. The van der Waals surface area contributed by atoms with Crippen LogP contribution >= 0.6 is 0 Å². The highest BCUT2D eigenvalue weighted by atomic mass is 19.1. The molecule has 0 aliphatic carbocycles. The second kappa shape index (κ2) is 6.69. The van der Waals surface area contributed by atoms with E-state index in [2.05, 4.69) is 5.32 Å². The van der Waals surface area contributed by atoms with Crippen molar-refractivity contribution >= 4 is 0 Å². The first kappa shape index (κ1) is 10.6. The van der Waals surface area contributed by atoms with Gasteiger partial charge < -0.3 is 19.5 Å². The first-order valence-electron chi connectivity index (χ1n) is 10.3. The Labute approximate surface area is 147 Å². The van der Waals surface area contributed by atoms with Crippen molar-refractivity contribution in [2.24, 2.45) is 5.89 Å². The highest BCUT2D eigenvalue weighted by molar-refractivity contribution is 5.46. The molecule has 0 spiro atoms. The summed E-state index contributed by atoms with van der Waals surface area (Å²) >= 11 is 0. The van der Waals surface area contributed by atoms with Crippen LogP contribution in [0.2, 0.25) is 0 Å². The Morgan fingerprint density at radius 2 is 2.08 bits per heavy atom. The largest absolute Gasteiger partial charge is 0.493 e. The van der Waals surface area contributed by atoms with E-state index in [1.807, 2.05) is 0 Å². The van der Waals surface area contributed by atoms with E-state index < -0.39 is 30.9 Å². The third kappa shape index (κ3) is 3.17. The summed E-state index contributed by atoms with van der Waals surface area (Å²) in [5, 5.41) is 3.05. The molecule has 1 saturated heterocycles. The molecule has 126 valence electrons. The highest BCUT2D eigenvalue weighted by Crippen LogP contribution is 2.36. The Balaban J connectivity index is 1.62. The summed E-state index contributed by atoms with van der Waals surface area (Å²) in [6.07, 6.45) is 0.499. The Morgan fingerprint density at radius 3 is 2.96 bits per heavy atom. The van der Waals surface area contributed by atoms with Gasteiger partial charge >= 0.3 is 0 Å². The summed E-state index contributed by atoms with van der Waals surface area (Å²) in [5.74, 6) is -2.22. The Kier molecular flexibility index (Phi) is 2.95. The summed E-state index contributed by atoms with van der Waals surface area (Å²) < 4.78 is 70.0. The Morgan fingerprint density at radius 1 is 1.25 bits per heavy atom.